The third-order valence-electron chi connectivity index (χ3n) is 2.89. The Balaban J connectivity index is 2.58. The Labute approximate surface area is 103 Å². The maximum absolute atomic E-state index is 11.6. The van der Waals surface area contributed by atoms with Crippen LogP contribution in [0.4, 0.5) is 5.69 Å². The SMILES string of the molecule is COC(=O)C(CNc1ccc(C)cc1)C(C)C. The number of carbonyl (C=O) groups is 1. The molecule has 0 saturated carbocycles. The minimum Gasteiger partial charge on any atom is -0.469 e. The fourth-order valence-electron chi connectivity index (χ4n) is 1.64. The highest BCUT2D eigenvalue weighted by atomic mass is 16.5. The molecule has 1 rings (SSSR count). The number of benzene rings is 1. The second-order valence-corrected chi connectivity index (χ2v) is 4.62. The van der Waals surface area contributed by atoms with Gasteiger partial charge in [-0.05, 0) is 25.0 Å². The molecule has 0 bridgehead atoms. The summed E-state index contributed by atoms with van der Waals surface area (Å²) in [7, 11) is 1.43. The zero-order valence-electron chi connectivity index (χ0n) is 11.0. The van der Waals surface area contributed by atoms with Gasteiger partial charge >= 0.3 is 5.97 Å². The molecule has 0 aliphatic heterocycles. The number of anilines is 1. The molecule has 17 heavy (non-hydrogen) atoms. The van der Waals surface area contributed by atoms with Crippen LogP contribution in [0.25, 0.3) is 0 Å². The smallest absolute Gasteiger partial charge is 0.310 e. The standard InChI is InChI=1S/C14H21NO2/c1-10(2)13(14(16)17-4)9-15-12-7-5-11(3)6-8-12/h5-8,10,13,15H,9H2,1-4H3. The van der Waals surface area contributed by atoms with Crippen molar-refractivity contribution < 1.29 is 9.53 Å². The molecule has 0 aromatic heterocycles. The number of methoxy groups -OCH3 is 1. The summed E-state index contributed by atoms with van der Waals surface area (Å²) < 4.78 is 4.80. The van der Waals surface area contributed by atoms with Crippen LogP contribution >= 0.6 is 0 Å². The second kappa shape index (κ2) is 6.28. The van der Waals surface area contributed by atoms with Crippen molar-refractivity contribution >= 4 is 11.7 Å². The summed E-state index contributed by atoms with van der Waals surface area (Å²) in [6.07, 6.45) is 0. The first kappa shape index (κ1) is 13.6. The molecule has 0 saturated heterocycles. The van der Waals surface area contributed by atoms with Crippen LogP contribution in [-0.2, 0) is 9.53 Å². The van der Waals surface area contributed by atoms with E-state index in [4.69, 9.17) is 4.74 Å². The van der Waals surface area contributed by atoms with Crippen LogP contribution in [0.15, 0.2) is 24.3 Å². The van der Waals surface area contributed by atoms with Crippen molar-refractivity contribution in [3.05, 3.63) is 29.8 Å². The lowest BCUT2D eigenvalue weighted by atomic mass is 9.96. The molecule has 0 heterocycles. The van der Waals surface area contributed by atoms with Crippen molar-refractivity contribution in [3.8, 4) is 0 Å². The van der Waals surface area contributed by atoms with Crippen LogP contribution in [0.2, 0.25) is 0 Å². The van der Waals surface area contributed by atoms with Crippen molar-refractivity contribution in [2.45, 2.75) is 20.8 Å². The first-order chi connectivity index (χ1) is 8.04. The van der Waals surface area contributed by atoms with Gasteiger partial charge in [0.1, 0.15) is 0 Å². The maximum Gasteiger partial charge on any atom is 0.310 e. The van der Waals surface area contributed by atoms with E-state index in [1.807, 2.05) is 38.1 Å². The molecule has 0 spiro atoms. The van der Waals surface area contributed by atoms with Crippen LogP contribution in [0.5, 0.6) is 0 Å². The Morgan fingerprint density at radius 3 is 2.35 bits per heavy atom. The summed E-state index contributed by atoms with van der Waals surface area (Å²) in [6.45, 7) is 6.71. The minimum atomic E-state index is -0.153. The average Bonchev–Trinajstić information content (AvgIpc) is 2.31. The zero-order valence-corrected chi connectivity index (χ0v) is 11.0. The summed E-state index contributed by atoms with van der Waals surface area (Å²) in [5.41, 5.74) is 2.26. The van der Waals surface area contributed by atoms with E-state index >= 15 is 0 Å². The van der Waals surface area contributed by atoms with E-state index in [1.54, 1.807) is 0 Å². The van der Waals surface area contributed by atoms with E-state index in [9.17, 15) is 4.79 Å². The molecule has 1 aromatic carbocycles. The van der Waals surface area contributed by atoms with Gasteiger partial charge in [-0.3, -0.25) is 4.79 Å². The van der Waals surface area contributed by atoms with Crippen molar-refractivity contribution in [1.29, 1.82) is 0 Å². The number of ether oxygens (including phenoxy) is 1. The molecule has 0 fully saturated rings. The molecule has 1 N–H and O–H groups in total. The number of nitrogens with one attached hydrogen (secondary N) is 1. The van der Waals surface area contributed by atoms with Gasteiger partial charge in [-0.15, -0.1) is 0 Å². The number of hydrogen-bond donors (Lipinski definition) is 1. The normalized spacial score (nSPS) is 12.3. The Bertz CT molecular complexity index is 357. The quantitative estimate of drug-likeness (QED) is 0.797. The van der Waals surface area contributed by atoms with Crippen molar-refractivity contribution in [1.82, 2.24) is 0 Å². The van der Waals surface area contributed by atoms with Crippen LogP contribution in [0, 0.1) is 18.8 Å². The third kappa shape index (κ3) is 4.10. The summed E-state index contributed by atoms with van der Waals surface area (Å²) in [4.78, 5) is 11.6. The molecule has 3 nitrogen and oxygen atoms in total. The van der Waals surface area contributed by atoms with Crippen molar-refractivity contribution in [2.24, 2.45) is 11.8 Å². The average molecular weight is 235 g/mol. The van der Waals surface area contributed by atoms with Crippen LogP contribution in [-0.4, -0.2) is 19.6 Å². The Morgan fingerprint density at radius 1 is 1.29 bits per heavy atom. The molecule has 1 aromatic rings. The van der Waals surface area contributed by atoms with E-state index < -0.39 is 0 Å². The van der Waals surface area contributed by atoms with Gasteiger partial charge in [-0.2, -0.15) is 0 Å². The van der Waals surface area contributed by atoms with Gasteiger partial charge in [0.25, 0.3) is 0 Å². The van der Waals surface area contributed by atoms with Crippen LogP contribution in [0.1, 0.15) is 19.4 Å². The lowest BCUT2D eigenvalue weighted by Gasteiger charge is -2.19. The highest BCUT2D eigenvalue weighted by molar-refractivity contribution is 5.73. The second-order valence-electron chi connectivity index (χ2n) is 4.62. The van der Waals surface area contributed by atoms with Crippen LogP contribution in [0.3, 0.4) is 0 Å². The summed E-state index contributed by atoms with van der Waals surface area (Å²) in [5, 5.41) is 3.27. The number of esters is 1. The summed E-state index contributed by atoms with van der Waals surface area (Å²) in [6, 6.07) is 8.13. The fourth-order valence-corrected chi connectivity index (χ4v) is 1.64. The molecule has 94 valence electrons. The van der Waals surface area contributed by atoms with E-state index in [-0.39, 0.29) is 17.8 Å². The monoisotopic (exact) mass is 235 g/mol. The zero-order chi connectivity index (χ0) is 12.8. The third-order valence-corrected chi connectivity index (χ3v) is 2.89. The Hall–Kier alpha value is -1.51. The van der Waals surface area contributed by atoms with Gasteiger partial charge in [0.2, 0.25) is 0 Å². The number of rotatable bonds is 5. The van der Waals surface area contributed by atoms with Gasteiger partial charge in [-0.1, -0.05) is 31.5 Å². The molecule has 0 aliphatic rings. The molecule has 1 unspecified atom stereocenters. The van der Waals surface area contributed by atoms with Crippen LogP contribution < -0.4 is 5.32 Å². The molecular formula is C14H21NO2. The fraction of sp³-hybridized carbons (Fsp3) is 0.500. The molecule has 1 atom stereocenters. The molecule has 0 radical (unpaired) electrons. The van der Waals surface area contributed by atoms with E-state index in [0.717, 1.165) is 5.69 Å². The highest BCUT2D eigenvalue weighted by Gasteiger charge is 2.22. The topological polar surface area (TPSA) is 38.3 Å². The van der Waals surface area contributed by atoms with Gasteiger partial charge in [-0.25, -0.2) is 0 Å². The number of aryl methyl sites for hydroxylation is 1. The molecule has 0 aliphatic carbocycles. The predicted molar refractivity (Wildman–Crippen MR) is 70.0 cm³/mol. The van der Waals surface area contributed by atoms with Crippen molar-refractivity contribution in [3.63, 3.8) is 0 Å². The Morgan fingerprint density at radius 2 is 1.88 bits per heavy atom. The minimum absolute atomic E-state index is 0.110. The van der Waals surface area contributed by atoms with E-state index in [1.165, 1.54) is 12.7 Å². The first-order valence-electron chi connectivity index (χ1n) is 5.93. The molecular weight excluding hydrogens is 214 g/mol. The first-order valence-corrected chi connectivity index (χ1v) is 5.93. The summed E-state index contributed by atoms with van der Waals surface area (Å²) >= 11 is 0. The van der Waals surface area contributed by atoms with Gasteiger partial charge in [0.05, 0.1) is 13.0 Å². The van der Waals surface area contributed by atoms with Gasteiger partial charge in [0, 0.05) is 12.2 Å². The summed E-state index contributed by atoms with van der Waals surface area (Å²) in [5.74, 6) is 0.00122. The highest BCUT2D eigenvalue weighted by Crippen LogP contribution is 2.15. The maximum atomic E-state index is 11.6. The number of hydrogen-bond acceptors (Lipinski definition) is 3. The van der Waals surface area contributed by atoms with Gasteiger partial charge < -0.3 is 10.1 Å². The predicted octanol–water partition coefficient (Wildman–Crippen LogP) is 2.85. The Kier molecular flexibility index (Phi) is 5.01. The van der Waals surface area contributed by atoms with Gasteiger partial charge in [0.15, 0.2) is 0 Å². The largest absolute Gasteiger partial charge is 0.469 e. The van der Waals surface area contributed by atoms with E-state index in [2.05, 4.69) is 12.2 Å². The van der Waals surface area contributed by atoms with Crippen molar-refractivity contribution in [2.75, 3.05) is 19.0 Å². The molecule has 0 amide bonds. The lowest BCUT2D eigenvalue weighted by Crippen LogP contribution is -2.28. The number of carbonyl (C=O) groups excluding carboxylic acids is 1. The lowest BCUT2D eigenvalue weighted by molar-refractivity contribution is -0.146. The molecule has 3 heteroatoms. The van der Waals surface area contributed by atoms with E-state index in [0.29, 0.717) is 6.54 Å².